The summed E-state index contributed by atoms with van der Waals surface area (Å²) in [7, 11) is 0. The van der Waals surface area contributed by atoms with Gasteiger partial charge in [0.15, 0.2) is 18.4 Å². The molecule has 8 nitrogen and oxygen atoms in total. The van der Waals surface area contributed by atoms with Crippen LogP contribution in [0.15, 0.2) is 71.9 Å². The number of fused-ring (bicyclic) bond motifs is 2. The Hall–Kier alpha value is -3.47. The number of carboxylic acids is 1. The summed E-state index contributed by atoms with van der Waals surface area (Å²) in [4.78, 5) is 28.3. The summed E-state index contributed by atoms with van der Waals surface area (Å²) in [6, 6.07) is 14.5. The van der Waals surface area contributed by atoms with Crippen LogP contribution in [-0.4, -0.2) is 49.8 Å². The van der Waals surface area contributed by atoms with Gasteiger partial charge in [0.2, 0.25) is 15.8 Å². The third kappa shape index (κ3) is 4.25. The smallest absolute Gasteiger partial charge is 0.352 e. The SMILES string of the molecule is CSc1c2sc(C3=C(C(=O)O)N4C(=O)[C@H]([C@@H](C)O)[C@H]4[C@H]3C)cn2c[n+]1Cc1cccc(C[n+]2ccccc2C)c1. The number of carboxylic acid groups (broad SMARTS) is 1. The average molecular weight is 577 g/mol. The first-order valence-electron chi connectivity index (χ1n) is 13.3. The zero-order valence-corrected chi connectivity index (χ0v) is 24.4. The second-order valence-electron chi connectivity index (χ2n) is 10.7. The van der Waals surface area contributed by atoms with Crippen LogP contribution < -0.4 is 9.13 Å². The standard InChI is InChI=1S/C30H31N4O4S2/c1-17-8-5-6-11-31(17)13-20-9-7-10-21(12-20)14-32-16-33-15-22(40-29(33)28(32)39-4)23-18(2)25-24(19(3)35)27(36)34(25)26(23)30(37)38/h5-12,15-16,18-19,24-25,35H,13-14H2,1-4H3/q+1/p+1/t18-,19+,24+,25+/m0/s1. The summed E-state index contributed by atoms with van der Waals surface area (Å²) < 4.78 is 6.52. The van der Waals surface area contributed by atoms with Crippen LogP contribution in [0.2, 0.25) is 0 Å². The molecular formula is C30H32N4O4S2+2. The summed E-state index contributed by atoms with van der Waals surface area (Å²) in [6.07, 6.45) is 7.36. The zero-order chi connectivity index (χ0) is 28.3. The average Bonchev–Trinajstić information content (AvgIpc) is 3.52. The number of hydrogen-bond acceptors (Lipinski definition) is 5. The number of carbonyl (C=O) groups excluding carboxylic acids is 1. The molecule has 0 radical (unpaired) electrons. The molecule has 1 saturated heterocycles. The topological polar surface area (TPSA) is 90.0 Å². The van der Waals surface area contributed by atoms with E-state index in [9.17, 15) is 19.8 Å². The molecular weight excluding hydrogens is 544 g/mol. The highest BCUT2D eigenvalue weighted by molar-refractivity contribution is 7.98. The molecule has 2 aliphatic heterocycles. The Morgan fingerprint density at radius 3 is 2.52 bits per heavy atom. The van der Waals surface area contributed by atoms with Crippen molar-refractivity contribution in [1.82, 2.24) is 9.30 Å². The number of aromatic nitrogens is 3. The minimum absolute atomic E-state index is 0.0471. The Bertz CT molecular complexity index is 1690. The van der Waals surface area contributed by atoms with E-state index in [1.54, 1.807) is 30.0 Å². The Balaban J connectivity index is 1.31. The van der Waals surface area contributed by atoms with Gasteiger partial charge in [-0.1, -0.05) is 54.3 Å². The molecule has 40 heavy (non-hydrogen) atoms. The number of thioether (sulfide) groups is 1. The maximum atomic E-state index is 12.8. The molecule has 3 aromatic heterocycles. The molecule has 0 bridgehead atoms. The molecule has 2 aliphatic rings. The summed E-state index contributed by atoms with van der Waals surface area (Å²) in [6.45, 7) is 7.19. The van der Waals surface area contributed by atoms with Crippen LogP contribution in [0.1, 0.15) is 35.5 Å². The number of aliphatic hydroxyl groups is 1. The van der Waals surface area contributed by atoms with Gasteiger partial charge < -0.3 is 15.1 Å². The molecule has 0 aliphatic carbocycles. The first kappa shape index (κ1) is 26.7. The Labute approximate surface area is 240 Å². The predicted octanol–water partition coefficient (Wildman–Crippen LogP) is 3.36. The number of rotatable bonds is 8. The molecule has 206 valence electrons. The number of β-lactam (4-membered cyclic amide) rings is 1. The molecule has 1 fully saturated rings. The van der Waals surface area contributed by atoms with E-state index in [4.69, 9.17) is 0 Å². The van der Waals surface area contributed by atoms with E-state index in [0.717, 1.165) is 21.3 Å². The van der Waals surface area contributed by atoms with E-state index in [0.29, 0.717) is 12.1 Å². The van der Waals surface area contributed by atoms with Crippen molar-refractivity contribution in [2.45, 2.75) is 51.0 Å². The van der Waals surface area contributed by atoms with Crippen molar-refractivity contribution in [3.8, 4) is 0 Å². The van der Waals surface area contributed by atoms with Gasteiger partial charge in [-0.05, 0) is 24.8 Å². The van der Waals surface area contributed by atoms with Crippen molar-refractivity contribution < 1.29 is 28.9 Å². The van der Waals surface area contributed by atoms with Crippen LogP contribution in [0, 0.1) is 18.8 Å². The van der Waals surface area contributed by atoms with Crippen LogP contribution in [0.5, 0.6) is 0 Å². The van der Waals surface area contributed by atoms with E-state index < -0.39 is 18.0 Å². The lowest BCUT2D eigenvalue weighted by atomic mass is 9.77. The minimum Gasteiger partial charge on any atom is -0.477 e. The highest BCUT2D eigenvalue weighted by Crippen LogP contribution is 2.51. The first-order chi connectivity index (χ1) is 19.2. The number of pyridine rings is 1. The van der Waals surface area contributed by atoms with Gasteiger partial charge >= 0.3 is 5.97 Å². The zero-order valence-electron chi connectivity index (χ0n) is 22.8. The fourth-order valence-corrected chi connectivity index (χ4v) is 8.41. The number of carbonyl (C=O) groups is 2. The fraction of sp³-hybridized carbons (Fsp3) is 0.333. The van der Waals surface area contributed by atoms with Gasteiger partial charge in [0.1, 0.15) is 18.4 Å². The van der Waals surface area contributed by atoms with Crippen molar-refractivity contribution in [1.29, 1.82) is 0 Å². The van der Waals surface area contributed by atoms with Crippen LogP contribution >= 0.6 is 23.1 Å². The maximum absolute atomic E-state index is 12.8. The van der Waals surface area contributed by atoms with Gasteiger partial charge in [-0.25, -0.2) is 9.36 Å². The quantitative estimate of drug-likeness (QED) is 0.191. The van der Waals surface area contributed by atoms with Gasteiger partial charge in [0.25, 0.3) is 6.33 Å². The normalized spacial score (nSPS) is 21.2. The number of benzene rings is 1. The second kappa shape index (κ2) is 10.2. The van der Waals surface area contributed by atoms with E-state index >= 15 is 0 Å². The molecule has 0 spiro atoms. The van der Waals surface area contributed by atoms with Gasteiger partial charge in [0, 0.05) is 36.1 Å². The summed E-state index contributed by atoms with van der Waals surface area (Å²) in [5, 5.41) is 21.3. The number of hydrogen-bond donors (Lipinski definition) is 2. The number of nitrogens with zero attached hydrogens (tertiary/aromatic N) is 4. The van der Waals surface area contributed by atoms with Crippen molar-refractivity contribution >= 4 is 45.4 Å². The van der Waals surface area contributed by atoms with Gasteiger partial charge in [-0.3, -0.25) is 4.79 Å². The largest absolute Gasteiger partial charge is 0.477 e. The van der Waals surface area contributed by atoms with Crippen molar-refractivity contribution in [3.63, 3.8) is 0 Å². The summed E-state index contributed by atoms with van der Waals surface area (Å²) >= 11 is 3.21. The Morgan fingerprint density at radius 2 is 1.88 bits per heavy atom. The van der Waals surface area contributed by atoms with Crippen LogP contribution in [-0.2, 0) is 22.7 Å². The third-order valence-corrected chi connectivity index (χ3v) is 10.2. The van der Waals surface area contributed by atoms with E-state index in [1.807, 2.05) is 25.3 Å². The number of imidazole rings is 1. The lowest BCUT2D eigenvalue weighted by molar-refractivity contribution is -0.721. The van der Waals surface area contributed by atoms with Crippen molar-refractivity contribution in [3.05, 3.63) is 88.6 Å². The van der Waals surface area contributed by atoms with Gasteiger partial charge in [-0.2, -0.15) is 8.97 Å². The molecule has 6 rings (SSSR count). The van der Waals surface area contributed by atoms with Crippen molar-refractivity contribution in [2.24, 2.45) is 11.8 Å². The summed E-state index contributed by atoms with van der Waals surface area (Å²) in [5.74, 6) is -2.18. The molecule has 0 saturated carbocycles. The monoisotopic (exact) mass is 576 g/mol. The van der Waals surface area contributed by atoms with Crippen LogP contribution in [0.4, 0.5) is 0 Å². The number of aliphatic hydroxyl groups excluding tert-OH is 1. The van der Waals surface area contributed by atoms with E-state index in [1.165, 1.54) is 21.7 Å². The molecule has 4 atom stereocenters. The second-order valence-corrected chi connectivity index (χ2v) is 12.5. The highest BCUT2D eigenvalue weighted by Gasteiger charge is 2.60. The fourth-order valence-electron chi connectivity index (χ4n) is 6.23. The lowest BCUT2D eigenvalue weighted by Gasteiger charge is -2.46. The first-order valence-corrected chi connectivity index (χ1v) is 15.3. The molecule has 2 N–H and O–H groups in total. The number of aliphatic carboxylic acids is 1. The van der Waals surface area contributed by atoms with Crippen molar-refractivity contribution in [2.75, 3.05) is 6.26 Å². The number of aryl methyl sites for hydroxylation is 1. The maximum Gasteiger partial charge on any atom is 0.352 e. The molecule has 1 amide bonds. The molecule has 5 heterocycles. The minimum atomic E-state index is -1.11. The number of amides is 1. The lowest BCUT2D eigenvalue weighted by Crippen LogP contribution is -2.63. The van der Waals surface area contributed by atoms with Crippen LogP contribution in [0.25, 0.3) is 10.4 Å². The molecule has 0 unspecified atom stereocenters. The van der Waals surface area contributed by atoms with Gasteiger partial charge in [0.05, 0.1) is 22.9 Å². The Morgan fingerprint density at radius 1 is 1.15 bits per heavy atom. The molecule has 4 aromatic rings. The van der Waals surface area contributed by atoms with Gasteiger partial charge in [-0.15, -0.1) is 0 Å². The Kier molecular flexibility index (Phi) is 6.80. The van der Waals surface area contributed by atoms with Crippen LogP contribution in [0.3, 0.4) is 0 Å². The van der Waals surface area contributed by atoms with E-state index in [2.05, 4.69) is 69.6 Å². The molecule has 10 heteroatoms. The number of thiazole rings is 1. The molecule has 1 aromatic carbocycles. The summed E-state index contributed by atoms with van der Waals surface area (Å²) in [5.41, 5.74) is 4.37. The third-order valence-electron chi connectivity index (χ3n) is 8.10. The van der Waals surface area contributed by atoms with E-state index in [-0.39, 0.29) is 23.6 Å². The highest BCUT2D eigenvalue weighted by atomic mass is 32.2. The predicted molar refractivity (Wildman–Crippen MR) is 153 cm³/mol.